The Kier molecular flexibility index (Phi) is 42.7. The molecule has 2 heterocycles. The molecule has 0 aromatic carbocycles. The van der Waals surface area contributed by atoms with Crippen LogP contribution in [0.15, 0.2) is 73.4 Å². The third kappa shape index (κ3) is 39.9. The van der Waals surface area contributed by atoms with Gasteiger partial charge in [0, 0.05) is 0 Å². The molecule has 2 nitrogen and oxygen atoms in total. The summed E-state index contributed by atoms with van der Waals surface area (Å²) in [6.45, 7) is 9.13. The first-order valence-electron chi connectivity index (χ1n) is 20.5. The fourth-order valence-electron chi connectivity index (χ4n) is 5.85. The summed E-state index contributed by atoms with van der Waals surface area (Å²) in [6, 6.07) is 8.32. The van der Waals surface area contributed by atoms with Gasteiger partial charge in [0.15, 0.2) is 0 Å². The number of hydrogen-bond acceptors (Lipinski definition) is 0. The molecule has 0 saturated carbocycles. The van der Waals surface area contributed by atoms with Crippen LogP contribution in [-0.2, 0) is 20.8 Å². The minimum atomic E-state index is -0.826. The topological polar surface area (TPSA) is 9.86 Å². The summed E-state index contributed by atoms with van der Waals surface area (Å²) < 4.78 is 4.32. The zero-order chi connectivity index (χ0) is 35.6. The van der Waals surface area contributed by atoms with E-state index in [0.717, 1.165) is 0 Å². The normalized spacial score (nSPS) is 10.9. The summed E-state index contributed by atoms with van der Waals surface area (Å²) >= 11 is -0.826. The molecule has 0 atom stereocenters. The van der Waals surface area contributed by atoms with Gasteiger partial charge in [0.1, 0.15) is 0 Å². The number of halogens is 2. The maximum atomic E-state index is 4.93. The van der Waals surface area contributed by atoms with Gasteiger partial charge in [-0.2, -0.15) is 0 Å². The van der Waals surface area contributed by atoms with Gasteiger partial charge in [0.25, 0.3) is 0 Å². The van der Waals surface area contributed by atoms with Crippen molar-refractivity contribution in [1.29, 1.82) is 0 Å². The molecule has 0 radical (unpaired) electrons. The van der Waals surface area contributed by atoms with E-state index < -0.39 is 20.8 Å². The van der Waals surface area contributed by atoms with E-state index >= 15 is 0 Å². The van der Waals surface area contributed by atoms with Crippen molar-refractivity contribution >= 4 is 17.0 Å². The van der Waals surface area contributed by atoms with Crippen LogP contribution in [0.5, 0.6) is 0 Å². The van der Waals surface area contributed by atoms with Gasteiger partial charge < -0.3 is 9.13 Å². The first kappa shape index (κ1) is 48.2. The van der Waals surface area contributed by atoms with Crippen LogP contribution in [0, 0.1) is 13.1 Å². The van der Waals surface area contributed by atoms with E-state index in [-0.39, 0.29) is 0 Å². The van der Waals surface area contributed by atoms with Crippen molar-refractivity contribution in [2.24, 2.45) is 0 Å². The van der Waals surface area contributed by atoms with Crippen LogP contribution in [-0.4, -0.2) is 9.13 Å². The Balaban J connectivity index is 0.000000870. The van der Waals surface area contributed by atoms with Gasteiger partial charge in [-0.05, 0) is 51.4 Å². The molecule has 2 aromatic heterocycles. The predicted molar refractivity (Wildman–Crippen MR) is 219 cm³/mol. The molecule has 0 aliphatic heterocycles. The molecule has 0 unspecified atom stereocenters. The summed E-state index contributed by atoms with van der Waals surface area (Å²) in [4.78, 5) is 0. The SMILES string of the molecule is CCCCCCCC/C=C\CCCCCCC[CH-]n1cccc1.CCCCCCCC/C=C\CCCCCCC[CH-]n1cccc1.[Cl][Zr+2][Cl]. The summed E-state index contributed by atoms with van der Waals surface area (Å²) in [7, 11) is 9.87. The monoisotopic (exact) mass is 792 g/mol. The van der Waals surface area contributed by atoms with E-state index in [1.165, 1.54) is 180 Å². The summed E-state index contributed by atoms with van der Waals surface area (Å²) in [5, 5.41) is 0. The first-order valence-corrected chi connectivity index (χ1v) is 26.8. The zero-order valence-corrected chi connectivity index (χ0v) is 36.0. The van der Waals surface area contributed by atoms with E-state index in [2.05, 4.69) is 109 Å². The van der Waals surface area contributed by atoms with E-state index in [9.17, 15) is 0 Å². The number of allylic oxidation sites excluding steroid dienone is 4. The fraction of sp³-hybridized carbons (Fsp3) is 0.682. The molecule has 2 aromatic rings. The summed E-state index contributed by atoms with van der Waals surface area (Å²) in [5.41, 5.74) is 0. The van der Waals surface area contributed by atoms with Gasteiger partial charge in [-0.3, -0.25) is 0 Å². The maximum absolute atomic E-state index is 4.93. The van der Waals surface area contributed by atoms with E-state index in [4.69, 9.17) is 17.0 Å². The molecule has 0 spiro atoms. The second kappa shape index (κ2) is 43.4. The fourth-order valence-corrected chi connectivity index (χ4v) is 5.85. The molecular weight excluding hydrogens is 719 g/mol. The molecule has 49 heavy (non-hydrogen) atoms. The van der Waals surface area contributed by atoms with Crippen molar-refractivity contribution in [1.82, 2.24) is 9.13 Å². The predicted octanol–water partition coefficient (Wildman–Crippen LogP) is 16.4. The molecule has 0 bridgehead atoms. The Hall–Kier alpha value is -0.757. The van der Waals surface area contributed by atoms with Crippen LogP contribution in [0.1, 0.15) is 194 Å². The van der Waals surface area contributed by atoms with Crippen LogP contribution in [0.25, 0.3) is 0 Å². The van der Waals surface area contributed by atoms with E-state index in [0.29, 0.717) is 0 Å². The van der Waals surface area contributed by atoms with Crippen LogP contribution in [0.3, 0.4) is 0 Å². The van der Waals surface area contributed by atoms with Crippen molar-refractivity contribution in [2.75, 3.05) is 0 Å². The Bertz CT molecular complexity index is 807. The van der Waals surface area contributed by atoms with Crippen molar-refractivity contribution in [3.63, 3.8) is 0 Å². The zero-order valence-electron chi connectivity index (χ0n) is 32.0. The molecule has 0 fully saturated rings. The quantitative estimate of drug-likeness (QED) is 0.0397. The van der Waals surface area contributed by atoms with Crippen LogP contribution in [0.2, 0.25) is 0 Å². The van der Waals surface area contributed by atoms with Gasteiger partial charge in [-0.25, -0.2) is 0 Å². The number of hydrogen-bond donors (Lipinski definition) is 0. The summed E-state index contributed by atoms with van der Waals surface area (Å²) in [6.07, 6.45) is 56.2. The molecule has 5 heteroatoms. The third-order valence-electron chi connectivity index (χ3n) is 8.87. The van der Waals surface area contributed by atoms with Crippen LogP contribution in [0.4, 0.5) is 0 Å². The summed E-state index contributed by atoms with van der Waals surface area (Å²) in [5.74, 6) is 0. The minimum absolute atomic E-state index is 0.826. The Morgan fingerprint density at radius 3 is 0.939 bits per heavy atom. The van der Waals surface area contributed by atoms with E-state index in [1.807, 2.05) is 0 Å². The molecule has 280 valence electrons. The van der Waals surface area contributed by atoms with Gasteiger partial charge in [0.2, 0.25) is 0 Å². The van der Waals surface area contributed by atoms with Crippen LogP contribution < -0.4 is 0 Å². The van der Waals surface area contributed by atoms with Crippen LogP contribution >= 0.6 is 17.0 Å². The molecule has 0 saturated heterocycles. The van der Waals surface area contributed by atoms with E-state index in [1.54, 1.807) is 0 Å². The van der Waals surface area contributed by atoms with Gasteiger partial charge in [-0.1, -0.05) is 167 Å². The molecule has 0 N–H and O–H groups in total. The number of unbranched alkanes of at least 4 members (excludes halogenated alkanes) is 24. The van der Waals surface area contributed by atoms with Crippen molar-refractivity contribution in [3.8, 4) is 0 Å². The Labute approximate surface area is 325 Å². The second-order valence-electron chi connectivity index (χ2n) is 13.4. The third-order valence-corrected chi connectivity index (χ3v) is 8.87. The van der Waals surface area contributed by atoms with Crippen molar-refractivity contribution in [3.05, 3.63) is 86.4 Å². The Morgan fingerprint density at radius 1 is 0.408 bits per heavy atom. The molecule has 2 rings (SSSR count). The van der Waals surface area contributed by atoms with Crippen molar-refractivity contribution < 1.29 is 20.8 Å². The van der Waals surface area contributed by atoms with Gasteiger partial charge >= 0.3 is 37.9 Å². The molecule has 0 aliphatic carbocycles. The standard InChI is InChI=1S/2C22H38N.2ClH.Zr/c2*1-2-3-4-5-6-7-8-9-10-11-12-13-14-15-16-17-20-23-21-18-19-22-23;;;/h2*9-10,18-22H,2-8,11-17H2,1H3;2*1H;/q2*-1;;;+4/p-2/b2*10-9-;;;. The number of nitrogens with zero attached hydrogens (tertiary/aromatic N) is 2. The average Bonchev–Trinajstić information content (AvgIpc) is 3.84. The average molecular weight is 795 g/mol. The second-order valence-corrected chi connectivity index (χ2v) is 17.2. The number of rotatable bonds is 32. The molecule has 0 amide bonds. The molecule has 0 aliphatic rings. The first-order chi connectivity index (χ1) is 24.3. The Morgan fingerprint density at radius 2 is 0.653 bits per heavy atom. The molecular formula is C44H76Cl2N2Zr. The van der Waals surface area contributed by atoms with Gasteiger partial charge in [0.05, 0.1) is 0 Å². The number of aromatic nitrogens is 2. The van der Waals surface area contributed by atoms with Gasteiger partial charge in [-0.15, -0.1) is 62.1 Å². The van der Waals surface area contributed by atoms with Crippen molar-refractivity contribution in [2.45, 2.75) is 194 Å².